The predicted molar refractivity (Wildman–Crippen MR) is 87.5 cm³/mol. The lowest BCUT2D eigenvalue weighted by Gasteiger charge is -2.22. The zero-order valence-electron chi connectivity index (χ0n) is 13.3. The number of rotatable bonds is 3. The Bertz CT molecular complexity index is 919. The normalized spacial score (nSPS) is 15.6. The second-order valence-corrected chi connectivity index (χ2v) is 6.04. The van der Waals surface area contributed by atoms with E-state index in [-0.39, 0.29) is 17.7 Å². The van der Waals surface area contributed by atoms with E-state index in [0.29, 0.717) is 10.9 Å². The van der Waals surface area contributed by atoms with Crippen LogP contribution < -0.4 is 10.1 Å². The summed E-state index contributed by atoms with van der Waals surface area (Å²) in [5.74, 6) is -1.42. The van der Waals surface area contributed by atoms with Gasteiger partial charge in [-0.3, -0.25) is 0 Å². The maximum Gasteiger partial charge on any atom is 0.241 e. The lowest BCUT2D eigenvalue weighted by atomic mass is 10.1. The highest BCUT2D eigenvalue weighted by atomic mass is 19.1. The second-order valence-electron chi connectivity index (χ2n) is 6.04. The minimum absolute atomic E-state index is 0.0447. The molecule has 2 heterocycles. The number of aromatic nitrogens is 2. The molecule has 4 nitrogen and oxygen atoms in total. The van der Waals surface area contributed by atoms with E-state index in [1.54, 1.807) is 0 Å². The van der Waals surface area contributed by atoms with Gasteiger partial charge in [0.1, 0.15) is 29.2 Å². The van der Waals surface area contributed by atoms with Crippen LogP contribution >= 0.6 is 0 Å². The molecule has 1 saturated heterocycles. The Balaban J connectivity index is 1.83. The van der Waals surface area contributed by atoms with Gasteiger partial charge < -0.3 is 10.1 Å². The first kappa shape index (κ1) is 16.0. The first-order valence-electron chi connectivity index (χ1n) is 8.13. The number of piperidine rings is 1. The van der Waals surface area contributed by atoms with Crippen molar-refractivity contribution in [3.05, 3.63) is 53.8 Å². The van der Waals surface area contributed by atoms with E-state index in [0.717, 1.165) is 44.1 Å². The van der Waals surface area contributed by atoms with E-state index in [1.807, 2.05) is 0 Å². The van der Waals surface area contributed by atoms with Crippen LogP contribution in [-0.4, -0.2) is 29.0 Å². The number of hydrogen-bond donors (Lipinski definition) is 1. The van der Waals surface area contributed by atoms with Gasteiger partial charge in [0, 0.05) is 6.07 Å². The van der Waals surface area contributed by atoms with Crippen molar-refractivity contribution in [2.24, 2.45) is 0 Å². The number of fused-ring (bicyclic) bond motifs is 1. The molecule has 0 saturated carbocycles. The van der Waals surface area contributed by atoms with E-state index < -0.39 is 17.5 Å². The molecule has 0 spiro atoms. The van der Waals surface area contributed by atoms with Gasteiger partial charge in [-0.25, -0.2) is 17.9 Å². The molecule has 1 aromatic heterocycles. The summed E-state index contributed by atoms with van der Waals surface area (Å²) in [5, 5.41) is 7.96. The summed E-state index contributed by atoms with van der Waals surface area (Å²) < 4.78 is 48.7. The third-order valence-electron chi connectivity index (χ3n) is 4.31. The van der Waals surface area contributed by atoms with E-state index in [2.05, 4.69) is 10.4 Å². The molecule has 0 bridgehead atoms. The molecule has 25 heavy (non-hydrogen) atoms. The van der Waals surface area contributed by atoms with Crippen LogP contribution in [0.4, 0.5) is 13.2 Å². The standard InChI is InChI=1S/C18H16F3N3O/c19-11-2-4-16-14(9-11)18(25-13-5-7-22-8-6-13)23-24(16)17-10-12(20)1-3-15(17)21/h1-4,9-10,13,22H,5-8H2. The molecule has 0 unspecified atom stereocenters. The van der Waals surface area contributed by atoms with Gasteiger partial charge in [0.05, 0.1) is 10.9 Å². The molecule has 0 atom stereocenters. The lowest BCUT2D eigenvalue weighted by molar-refractivity contribution is 0.157. The SMILES string of the molecule is Fc1ccc(F)c(-n2nc(OC3CCNCC3)c3cc(F)ccc32)c1. The third-order valence-corrected chi connectivity index (χ3v) is 4.31. The summed E-state index contributed by atoms with van der Waals surface area (Å²) in [4.78, 5) is 0. The quantitative estimate of drug-likeness (QED) is 0.787. The summed E-state index contributed by atoms with van der Waals surface area (Å²) >= 11 is 0. The van der Waals surface area contributed by atoms with Gasteiger partial charge in [-0.1, -0.05) is 0 Å². The third kappa shape index (κ3) is 3.07. The Kier molecular flexibility index (Phi) is 4.09. The second kappa shape index (κ2) is 6.40. The fraction of sp³-hybridized carbons (Fsp3) is 0.278. The van der Waals surface area contributed by atoms with Crippen molar-refractivity contribution < 1.29 is 17.9 Å². The van der Waals surface area contributed by atoms with E-state index in [1.165, 1.54) is 22.9 Å². The average molecular weight is 347 g/mol. The number of nitrogens with one attached hydrogen (secondary N) is 1. The molecule has 0 aliphatic carbocycles. The van der Waals surface area contributed by atoms with Crippen molar-refractivity contribution in [1.82, 2.24) is 15.1 Å². The van der Waals surface area contributed by atoms with Crippen LogP contribution in [0, 0.1) is 17.5 Å². The molecule has 1 N–H and O–H groups in total. The topological polar surface area (TPSA) is 39.1 Å². The van der Waals surface area contributed by atoms with Crippen LogP contribution in [0.2, 0.25) is 0 Å². The zero-order chi connectivity index (χ0) is 17.4. The number of hydrogen-bond acceptors (Lipinski definition) is 3. The van der Waals surface area contributed by atoms with Gasteiger partial charge in [-0.05, 0) is 56.3 Å². The Labute approximate surface area is 142 Å². The van der Waals surface area contributed by atoms with Crippen molar-refractivity contribution in [1.29, 1.82) is 0 Å². The maximum atomic E-state index is 14.2. The maximum absolute atomic E-state index is 14.2. The summed E-state index contributed by atoms with van der Waals surface area (Å²) in [6.45, 7) is 1.66. The summed E-state index contributed by atoms with van der Waals surface area (Å²) in [6.07, 6.45) is 1.56. The number of ether oxygens (including phenoxy) is 1. The molecule has 130 valence electrons. The average Bonchev–Trinajstić information content (AvgIpc) is 2.95. The van der Waals surface area contributed by atoms with Gasteiger partial charge in [-0.15, -0.1) is 5.10 Å². The van der Waals surface area contributed by atoms with Crippen LogP contribution in [0.1, 0.15) is 12.8 Å². The number of halogens is 3. The molecular formula is C18H16F3N3O. The van der Waals surface area contributed by atoms with Crippen LogP contribution in [0.15, 0.2) is 36.4 Å². The molecule has 3 aromatic rings. The molecule has 2 aromatic carbocycles. The predicted octanol–water partition coefficient (Wildman–Crippen LogP) is 3.57. The van der Waals surface area contributed by atoms with E-state index in [9.17, 15) is 13.2 Å². The van der Waals surface area contributed by atoms with Gasteiger partial charge in [0.25, 0.3) is 0 Å². The first-order chi connectivity index (χ1) is 12.1. The number of nitrogens with zero attached hydrogens (tertiary/aromatic N) is 2. The van der Waals surface area contributed by atoms with Crippen LogP contribution in [0.5, 0.6) is 5.88 Å². The smallest absolute Gasteiger partial charge is 0.241 e. The van der Waals surface area contributed by atoms with Crippen molar-refractivity contribution in [2.75, 3.05) is 13.1 Å². The molecule has 4 rings (SSSR count). The minimum Gasteiger partial charge on any atom is -0.473 e. The van der Waals surface area contributed by atoms with Crippen molar-refractivity contribution in [3.63, 3.8) is 0 Å². The zero-order valence-corrected chi connectivity index (χ0v) is 13.3. The molecule has 1 aliphatic heterocycles. The molecule has 0 radical (unpaired) electrons. The first-order valence-corrected chi connectivity index (χ1v) is 8.13. The van der Waals surface area contributed by atoms with Crippen LogP contribution in [-0.2, 0) is 0 Å². The Morgan fingerprint density at radius 3 is 2.52 bits per heavy atom. The Hall–Kier alpha value is -2.54. The monoisotopic (exact) mass is 347 g/mol. The Morgan fingerprint density at radius 1 is 1.00 bits per heavy atom. The summed E-state index contributed by atoms with van der Waals surface area (Å²) in [5.41, 5.74) is 0.409. The van der Waals surface area contributed by atoms with Gasteiger partial charge >= 0.3 is 0 Å². The molecule has 0 amide bonds. The highest BCUT2D eigenvalue weighted by Gasteiger charge is 2.21. The van der Waals surface area contributed by atoms with Crippen molar-refractivity contribution in [2.45, 2.75) is 18.9 Å². The van der Waals surface area contributed by atoms with Gasteiger partial charge in [0.2, 0.25) is 5.88 Å². The molecular weight excluding hydrogens is 331 g/mol. The van der Waals surface area contributed by atoms with Crippen molar-refractivity contribution >= 4 is 10.9 Å². The Morgan fingerprint density at radius 2 is 1.72 bits per heavy atom. The fourth-order valence-corrected chi connectivity index (χ4v) is 3.05. The van der Waals surface area contributed by atoms with E-state index >= 15 is 0 Å². The molecule has 7 heteroatoms. The molecule has 1 aliphatic rings. The number of benzene rings is 2. The van der Waals surface area contributed by atoms with Crippen molar-refractivity contribution in [3.8, 4) is 11.6 Å². The lowest BCUT2D eigenvalue weighted by Crippen LogP contribution is -2.34. The van der Waals surface area contributed by atoms with Gasteiger partial charge in [0.15, 0.2) is 0 Å². The minimum atomic E-state index is -0.622. The highest BCUT2D eigenvalue weighted by molar-refractivity contribution is 5.86. The summed E-state index contributed by atoms with van der Waals surface area (Å²) in [6, 6.07) is 7.17. The fourth-order valence-electron chi connectivity index (χ4n) is 3.05. The molecule has 1 fully saturated rings. The highest BCUT2D eigenvalue weighted by Crippen LogP contribution is 2.30. The van der Waals surface area contributed by atoms with Crippen LogP contribution in [0.3, 0.4) is 0 Å². The summed E-state index contributed by atoms with van der Waals surface area (Å²) in [7, 11) is 0. The largest absolute Gasteiger partial charge is 0.473 e. The van der Waals surface area contributed by atoms with Gasteiger partial charge in [-0.2, -0.15) is 0 Å². The van der Waals surface area contributed by atoms with E-state index in [4.69, 9.17) is 4.74 Å². The van der Waals surface area contributed by atoms with Crippen LogP contribution in [0.25, 0.3) is 16.6 Å².